The lowest BCUT2D eigenvalue weighted by molar-refractivity contribution is -0.135. The zero-order chi connectivity index (χ0) is 42.3. The van der Waals surface area contributed by atoms with Crippen LogP contribution in [0.15, 0.2) is 84.7 Å². The number of anilines is 1. The molecule has 5 aromatic rings. The van der Waals surface area contributed by atoms with Gasteiger partial charge in [-0.25, -0.2) is 0 Å². The number of unbranched alkanes of at least 4 members (excludes halogenated alkanes) is 1. The molecule has 0 unspecified atom stereocenters. The highest BCUT2D eigenvalue weighted by atomic mass is 16.5. The Bertz CT molecular complexity index is 2350. The molecule has 4 bridgehead atoms. The third-order valence-electron chi connectivity index (χ3n) is 13.1. The molecule has 7 N–H and O–H groups in total. The molecule has 2 aromatic heterocycles. The van der Waals surface area contributed by atoms with Crippen LogP contribution in [0.2, 0.25) is 0 Å². The topological polar surface area (TPSA) is 168 Å². The molecule has 10 heteroatoms. The fourth-order valence-electron chi connectivity index (χ4n) is 10.0. The number of aliphatic hydroxyl groups excluding tert-OH is 2. The minimum Gasteiger partial charge on any atom is -0.508 e. The van der Waals surface area contributed by atoms with Gasteiger partial charge in [-0.05, 0) is 151 Å². The number of aromatic hydroxyl groups is 2. The molecule has 320 valence electrons. The predicted octanol–water partition coefficient (Wildman–Crippen LogP) is 8.50. The molecule has 10 nitrogen and oxygen atoms in total. The van der Waals surface area contributed by atoms with Gasteiger partial charge in [0.25, 0.3) is 0 Å². The number of hydrogen-bond acceptors (Lipinski definition) is 8. The normalized spacial score (nSPS) is 19.8. The van der Waals surface area contributed by atoms with Gasteiger partial charge in [0.2, 0.25) is 0 Å². The van der Waals surface area contributed by atoms with Gasteiger partial charge in [-0.3, -0.25) is 9.59 Å². The average Bonchev–Trinajstić information content (AvgIpc) is 4.05. The van der Waals surface area contributed by atoms with Gasteiger partial charge in [0.05, 0.1) is 12.0 Å². The molecule has 0 spiro atoms. The first-order valence-corrected chi connectivity index (χ1v) is 22.2. The number of aromatic nitrogens is 2. The number of fused-ring (bicyclic) bond motifs is 7. The van der Waals surface area contributed by atoms with Gasteiger partial charge in [-0.15, -0.1) is 0 Å². The second kappa shape index (κ2) is 19.4. The number of carbonyl (C=O) groups is 2. The number of rotatable bonds is 11. The Hall–Kier alpha value is -5.58. The number of phenolic OH excluding ortho intramolecular Hbond substituents is 2. The number of ether oxygens (including phenoxy) is 1. The average molecular weight is 826 g/mol. The van der Waals surface area contributed by atoms with Crippen LogP contribution in [0.5, 0.6) is 17.2 Å². The molecule has 0 saturated heterocycles. The zero-order valence-corrected chi connectivity index (χ0v) is 34.9. The van der Waals surface area contributed by atoms with Gasteiger partial charge < -0.3 is 40.4 Å². The van der Waals surface area contributed by atoms with Crippen LogP contribution >= 0.6 is 0 Å². The summed E-state index contributed by atoms with van der Waals surface area (Å²) in [4.78, 5) is 36.4. The molecule has 3 atom stereocenters. The first kappa shape index (κ1) is 42.1. The molecule has 1 fully saturated rings. The number of aryl methyl sites for hydroxylation is 2. The molecule has 8 rings (SSSR count). The number of Topliss-reactive ketones (excluding diaryl/α,β-unsaturated/α-hetero) is 2. The van der Waals surface area contributed by atoms with E-state index >= 15 is 4.79 Å². The zero-order valence-electron chi connectivity index (χ0n) is 34.9. The lowest BCUT2D eigenvalue weighted by atomic mass is 9.69. The maximum absolute atomic E-state index is 15.2. The number of ketones is 2. The van der Waals surface area contributed by atoms with Crippen molar-refractivity contribution in [1.82, 2.24) is 9.97 Å². The number of hydrogen-bond donors (Lipinski definition) is 7. The Balaban J connectivity index is 1.17. The summed E-state index contributed by atoms with van der Waals surface area (Å²) in [5.74, 6) is -0.545. The quantitative estimate of drug-likeness (QED) is 0.0514. The Morgan fingerprint density at radius 3 is 2.41 bits per heavy atom. The van der Waals surface area contributed by atoms with Gasteiger partial charge in [0, 0.05) is 68.6 Å². The summed E-state index contributed by atoms with van der Waals surface area (Å²) < 4.78 is 6.44. The first-order valence-electron chi connectivity index (χ1n) is 22.2. The summed E-state index contributed by atoms with van der Waals surface area (Å²) in [5, 5.41) is 45.7. The number of carbonyl (C=O) groups excluding carboxylic acids is 2. The molecule has 1 saturated carbocycles. The molecule has 3 aromatic carbocycles. The predicted molar refractivity (Wildman–Crippen MR) is 237 cm³/mol. The van der Waals surface area contributed by atoms with Gasteiger partial charge in [-0.1, -0.05) is 42.8 Å². The number of nitrogens with one attached hydrogen (secondary N) is 3. The van der Waals surface area contributed by atoms with E-state index < -0.39 is 11.8 Å². The lowest BCUT2D eigenvalue weighted by Gasteiger charge is -2.34. The van der Waals surface area contributed by atoms with Crippen molar-refractivity contribution in [1.29, 1.82) is 0 Å². The number of H-pyrrole nitrogens is 2. The van der Waals surface area contributed by atoms with Crippen LogP contribution in [0.1, 0.15) is 114 Å². The van der Waals surface area contributed by atoms with Crippen molar-refractivity contribution >= 4 is 23.5 Å². The van der Waals surface area contributed by atoms with Gasteiger partial charge in [-0.2, -0.15) is 0 Å². The van der Waals surface area contributed by atoms with E-state index in [1.165, 1.54) is 0 Å². The van der Waals surface area contributed by atoms with Crippen molar-refractivity contribution in [3.63, 3.8) is 0 Å². The van der Waals surface area contributed by atoms with E-state index in [4.69, 9.17) is 4.74 Å². The Labute approximate surface area is 358 Å². The maximum Gasteiger partial charge on any atom is 0.161 e. The SMILES string of the molecule is O=C1CCc2cc(c(O)c(OC3CCCC3)c2)Cc2ccc(CCO)c(c2)Cc2cc[nH]c2NCC2=Cc3[nH]ccc3[C@@H](CCCCc3cccc(O)c3)[C@H]2C(=O)[C@H]1CCO. The van der Waals surface area contributed by atoms with Gasteiger partial charge in [0.1, 0.15) is 17.4 Å². The molecule has 2 aliphatic carbocycles. The van der Waals surface area contributed by atoms with E-state index in [0.717, 1.165) is 107 Å². The Morgan fingerprint density at radius 2 is 1.59 bits per heavy atom. The summed E-state index contributed by atoms with van der Waals surface area (Å²) in [5.41, 5.74) is 9.66. The molecular weight excluding hydrogens is 767 g/mol. The highest BCUT2D eigenvalue weighted by Gasteiger charge is 2.41. The van der Waals surface area contributed by atoms with Gasteiger partial charge in [0.15, 0.2) is 17.3 Å². The second-order valence-corrected chi connectivity index (χ2v) is 17.3. The highest BCUT2D eigenvalue weighted by molar-refractivity contribution is 6.05. The number of benzene rings is 3. The highest BCUT2D eigenvalue weighted by Crippen LogP contribution is 2.44. The minimum absolute atomic E-state index is 0.0168. The summed E-state index contributed by atoms with van der Waals surface area (Å²) in [6.45, 7) is 0.0920. The van der Waals surface area contributed by atoms with Crippen molar-refractivity contribution in [2.24, 2.45) is 11.8 Å². The van der Waals surface area contributed by atoms with Crippen molar-refractivity contribution in [3.8, 4) is 17.2 Å². The maximum atomic E-state index is 15.2. The standard InChI is InChI=1S/C51H59N3O7/c55-22-18-35-14-12-33-24-37(35)29-36-16-20-53-51(36)54-31-39-30-45-42(17-21-52-45)43(11-4-1-6-32-7-5-8-40(57)27-32)48(39)50(60)44(19-23-56)46(58)15-13-34-26-38(25-33)49(59)47(28-34)61-41-9-2-3-10-41/h5,7-8,12,14,16-17,20-21,24,26-28,30,41,43-44,48,52-57,59H,1-4,6,9-11,13,15,18-19,22-23,25,29,31H2/t43-,44+,48+/m1/s1. The summed E-state index contributed by atoms with van der Waals surface area (Å²) in [6, 6.07) is 21.5. The van der Waals surface area contributed by atoms with E-state index in [-0.39, 0.29) is 61.1 Å². The minimum atomic E-state index is -0.992. The number of aromatic amines is 2. The molecule has 3 aliphatic rings. The third-order valence-corrected chi connectivity index (χ3v) is 13.1. The second-order valence-electron chi connectivity index (χ2n) is 17.3. The third kappa shape index (κ3) is 9.82. The van der Waals surface area contributed by atoms with Crippen molar-refractivity contribution in [3.05, 3.63) is 135 Å². The van der Waals surface area contributed by atoms with E-state index in [0.29, 0.717) is 43.5 Å². The monoisotopic (exact) mass is 825 g/mol. The molecule has 3 heterocycles. The van der Waals surface area contributed by atoms with Crippen LogP contribution in [0, 0.1) is 11.8 Å². The van der Waals surface area contributed by atoms with Crippen LogP contribution < -0.4 is 10.1 Å². The summed E-state index contributed by atoms with van der Waals surface area (Å²) in [6.07, 6.45) is 15.2. The largest absolute Gasteiger partial charge is 0.508 e. The lowest BCUT2D eigenvalue weighted by Crippen LogP contribution is -2.38. The van der Waals surface area contributed by atoms with Crippen LogP contribution in [-0.2, 0) is 41.7 Å². The van der Waals surface area contributed by atoms with Crippen LogP contribution in [0.25, 0.3) is 6.08 Å². The van der Waals surface area contributed by atoms with Crippen molar-refractivity contribution in [2.75, 3.05) is 25.1 Å². The summed E-state index contributed by atoms with van der Waals surface area (Å²) in [7, 11) is 0. The molecule has 61 heavy (non-hydrogen) atoms. The molecular formula is C51H59N3O7. The molecule has 0 radical (unpaired) electrons. The smallest absolute Gasteiger partial charge is 0.161 e. The van der Waals surface area contributed by atoms with Crippen LogP contribution in [0.3, 0.4) is 0 Å². The molecule has 1 aliphatic heterocycles. The Morgan fingerprint density at radius 1 is 0.754 bits per heavy atom. The fraction of sp³-hybridized carbons (Fsp3) is 0.412. The van der Waals surface area contributed by atoms with E-state index in [1.807, 2.05) is 42.7 Å². The first-order chi connectivity index (χ1) is 29.8. The van der Waals surface area contributed by atoms with Crippen molar-refractivity contribution in [2.45, 2.75) is 102 Å². The van der Waals surface area contributed by atoms with Crippen LogP contribution in [-0.4, -0.2) is 67.8 Å². The fourth-order valence-corrected chi connectivity index (χ4v) is 10.0. The van der Waals surface area contributed by atoms with E-state index in [2.05, 4.69) is 45.6 Å². The van der Waals surface area contributed by atoms with E-state index in [1.54, 1.807) is 12.1 Å². The number of aliphatic hydroxyl groups is 2. The molecule has 0 amide bonds. The van der Waals surface area contributed by atoms with Crippen LogP contribution in [0.4, 0.5) is 5.82 Å². The summed E-state index contributed by atoms with van der Waals surface area (Å²) >= 11 is 0. The van der Waals surface area contributed by atoms with E-state index in [9.17, 15) is 25.2 Å². The van der Waals surface area contributed by atoms with Gasteiger partial charge >= 0.3 is 0 Å². The van der Waals surface area contributed by atoms with Crippen molar-refractivity contribution < 1.29 is 34.8 Å². The number of phenols is 2. The Kier molecular flexibility index (Phi) is 13.4.